The summed E-state index contributed by atoms with van der Waals surface area (Å²) in [5.41, 5.74) is 2.09. The van der Waals surface area contributed by atoms with Gasteiger partial charge in [-0.1, -0.05) is 6.07 Å². The molecule has 0 spiro atoms. The van der Waals surface area contributed by atoms with Crippen molar-refractivity contribution in [2.45, 2.75) is 31.7 Å². The first-order valence-corrected chi connectivity index (χ1v) is 9.87. The fraction of sp³-hybridized carbons (Fsp3) is 0.368. The second-order valence-corrected chi connectivity index (χ2v) is 7.99. The number of aryl methyl sites for hydroxylation is 2. The van der Waals surface area contributed by atoms with Gasteiger partial charge in [-0.3, -0.25) is 0 Å². The van der Waals surface area contributed by atoms with Gasteiger partial charge in [0.05, 0.1) is 12.0 Å². The monoisotopic (exact) mass is 377 g/mol. The van der Waals surface area contributed by atoms with Gasteiger partial charge in [-0.25, -0.2) is 13.1 Å². The molecule has 2 aromatic carbocycles. The van der Waals surface area contributed by atoms with Crippen LogP contribution in [-0.4, -0.2) is 28.7 Å². The molecule has 26 heavy (non-hydrogen) atoms. The van der Waals surface area contributed by atoms with Crippen LogP contribution in [0.25, 0.3) is 0 Å². The molecule has 1 atom stereocenters. The molecular formula is C19H23NO5S. The zero-order valence-electron chi connectivity index (χ0n) is 15.3. The Bertz CT molecular complexity index is 901. The van der Waals surface area contributed by atoms with Gasteiger partial charge in [0, 0.05) is 6.04 Å². The SMILES string of the molecule is COc1cc(C)c(S(=O)(=O)NC(C)c2ccc3c(c2)OCCO3)c(C)c1. The number of nitrogens with one attached hydrogen (secondary N) is 1. The number of rotatable bonds is 5. The van der Waals surface area contributed by atoms with E-state index in [1.807, 2.05) is 12.1 Å². The lowest BCUT2D eigenvalue weighted by Gasteiger charge is -2.21. The van der Waals surface area contributed by atoms with Crippen LogP contribution in [0.4, 0.5) is 0 Å². The third-order valence-electron chi connectivity index (χ3n) is 4.34. The summed E-state index contributed by atoms with van der Waals surface area (Å²) in [5.74, 6) is 1.95. The highest BCUT2D eigenvalue weighted by atomic mass is 32.2. The van der Waals surface area contributed by atoms with Gasteiger partial charge in [0.25, 0.3) is 0 Å². The van der Waals surface area contributed by atoms with E-state index in [1.165, 1.54) is 0 Å². The summed E-state index contributed by atoms with van der Waals surface area (Å²) in [7, 11) is -2.13. The maximum Gasteiger partial charge on any atom is 0.241 e. The fourth-order valence-corrected chi connectivity index (χ4v) is 4.83. The molecule has 0 amide bonds. The van der Waals surface area contributed by atoms with Gasteiger partial charge >= 0.3 is 0 Å². The average Bonchev–Trinajstić information content (AvgIpc) is 2.59. The molecule has 0 saturated carbocycles. The first-order valence-electron chi connectivity index (χ1n) is 8.39. The zero-order valence-corrected chi connectivity index (χ0v) is 16.1. The van der Waals surface area contributed by atoms with Crippen molar-refractivity contribution in [2.75, 3.05) is 20.3 Å². The van der Waals surface area contributed by atoms with Crippen molar-refractivity contribution >= 4 is 10.0 Å². The Morgan fingerprint density at radius 3 is 2.27 bits per heavy atom. The van der Waals surface area contributed by atoms with Crippen molar-refractivity contribution < 1.29 is 22.6 Å². The third kappa shape index (κ3) is 3.64. The lowest BCUT2D eigenvalue weighted by Crippen LogP contribution is -2.28. The lowest BCUT2D eigenvalue weighted by molar-refractivity contribution is 0.171. The maximum absolute atomic E-state index is 12.9. The summed E-state index contributed by atoms with van der Waals surface area (Å²) in [6, 6.07) is 8.48. The molecule has 3 rings (SSSR count). The van der Waals surface area contributed by atoms with Crippen molar-refractivity contribution in [2.24, 2.45) is 0 Å². The van der Waals surface area contributed by atoms with Crippen molar-refractivity contribution in [3.63, 3.8) is 0 Å². The van der Waals surface area contributed by atoms with Crippen LogP contribution < -0.4 is 18.9 Å². The highest BCUT2D eigenvalue weighted by molar-refractivity contribution is 7.89. The van der Waals surface area contributed by atoms with Gasteiger partial charge in [0.1, 0.15) is 19.0 Å². The largest absolute Gasteiger partial charge is 0.497 e. The van der Waals surface area contributed by atoms with Gasteiger partial charge in [0.15, 0.2) is 11.5 Å². The van der Waals surface area contributed by atoms with E-state index in [9.17, 15) is 8.42 Å². The molecule has 1 aliphatic heterocycles. The molecule has 0 saturated heterocycles. The van der Waals surface area contributed by atoms with Crippen LogP contribution in [0.3, 0.4) is 0 Å². The minimum Gasteiger partial charge on any atom is -0.497 e. The number of benzene rings is 2. The number of hydrogen-bond acceptors (Lipinski definition) is 5. The smallest absolute Gasteiger partial charge is 0.241 e. The number of ether oxygens (including phenoxy) is 3. The molecule has 1 unspecified atom stereocenters. The lowest BCUT2D eigenvalue weighted by atomic mass is 10.1. The fourth-order valence-electron chi connectivity index (χ4n) is 3.14. The Hall–Kier alpha value is -2.25. The van der Waals surface area contributed by atoms with E-state index in [2.05, 4.69) is 4.72 Å². The van der Waals surface area contributed by atoms with Gasteiger partial charge in [-0.05, 0) is 61.7 Å². The molecule has 0 radical (unpaired) electrons. The van der Waals surface area contributed by atoms with E-state index < -0.39 is 16.1 Å². The molecule has 0 bridgehead atoms. The predicted octanol–water partition coefficient (Wildman–Crippen LogP) is 3.12. The second kappa shape index (κ2) is 7.17. The molecule has 1 N–H and O–H groups in total. The van der Waals surface area contributed by atoms with Crippen molar-refractivity contribution in [3.8, 4) is 17.2 Å². The summed E-state index contributed by atoms with van der Waals surface area (Å²) in [5, 5.41) is 0. The van der Waals surface area contributed by atoms with Crippen LogP contribution >= 0.6 is 0 Å². The predicted molar refractivity (Wildman–Crippen MR) is 98.6 cm³/mol. The average molecular weight is 377 g/mol. The number of methoxy groups -OCH3 is 1. The Morgan fingerprint density at radius 2 is 1.65 bits per heavy atom. The highest BCUT2D eigenvalue weighted by Gasteiger charge is 2.24. The summed E-state index contributed by atoms with van der Waals surface area (Å²) in [6.45, 7) is 6.33. The molecule has 140 valence electrons. The minimum atomic E-state index is -3.69. The standard InChI is InChI=1S/C19H23NO5S/c1-12-9-16(23-4)10-13(2)19(12)26(21,22)20-14(3)15-5-6-17-18(11-15)25-8-7-24-17/h5-6,9-11,14,20H,7-8H2,1-4H3. The van der Waals surface area contributed by atoms with Crippen LogP contribution in [-0.2, 0) is 10.0 Å². The van der Waals surface area contributed by atoms with Crippen LogP contribution in [0, 0.1) is 13.8 Å². The normalized spacial score (nSPS) is 14.8. The Balaban J connectivity index is 1.88. The van der Waals surface area contributed by atoms with Gasteiger partial charge in [-0.15, -0.1) is 0 Å². The Morgan fingerprint density at radius 1 is 1.04 bits per heavy atom. The maximum atomic E-state index is 12.9. The molecule has 0 aliphatic carbocycles. The molecule has 1 heterocycles. The topological polar surface area (TPSA) is 73.9 Å². The van der Waals surface area contributed by atoms with Crippen molar-refractivity contribution in [1.29, 1.82) is 0 Å². The molecular weight excluding hydrogens is 354 g/mol. The minimum absolute atomic E-state index is 0.280. The summed E-state index contributed by atoms with van der Waals surface area (Å²) in [6.07, 6.45) is 0. The van der Waals surface area contributed by atoms with Gasteiger partial charge in [0.2, 0.25) is 10.0 Å². The van der Waals surface area contributed by atoms with E-state index >= 15 is 0 Å². The van der Waals surface area contributed by atoms with E-state index in [-0.39, 0.29) is 4.90 Å². The first-order chi connectivity index (χ1) is 12.3. The van der Waals surface area contributed by atoms with Crippen molar-refractivity contribution in [3.05, 3.63) is 47.0 Å². The number of hydrogen-bond donors (Lipinski definition) is 1. The van der Waals surface area contributed by atoms with E-state index in [0.29, 0.717) is 41.6 Å². The summed E-state index contributed by atoms with van der Waals surface area (Å²) >= 11 is 0. The molecule has 0 fully saturated rings. The zero-order chi connectivity index (χ0) is 18.9. The van der Waals surface area contributed by atoms with Crippen LogP contribution in [0.5, 0.6) is 17.2 Å². The number of fused-ring (bicyclic) bond motifs is 1. The quantitative estimate of drug-likeness (QED) is 0.867. The molecule has 0 aromatic heterocycles. The van der Waals surface area contributed by atoms with Gasteiger partial charge < -0.3 is 14.2 Å². The van der Waals surface area contributed by atoms with Crippen molar-refractivity contribution in [1.82, 2.24) is 4.72 Å². The van der Waals surface area contributed by atoms with E-state index in [1.54, 1.807) is 46.1 Å². The molecule has 2 aromatic rings. The van der Waals surface area contributed by atoms with Gasteiger partial charge in [-0.2, -0.15) is 0 Å². The van der Waals surface area contributed by atoms with E-state index in [4.69, 9.17) is 14.2 Å². The molecule has 6 nitrogen and oxygen atoms in total. The van der Waals surface area contributed by atoms with Crippen LogP contribution in [0.1, 0.15) is 29.7 Å². The third-order valence-corrected chi connectivity index (χ3v) is 6.18. The summed E-state index contributed by atoms with van der Waals surface area (Å²) < 4.78 is 44.9. The Kier molecular flexibility index (Phi) is 5.11. The van der Waals surface area contributed by atoms with Crippen LogP contribution in [0.15, 0.2) is 35.2 Å². The highest BCUT2D eigenvalue weighted by Crippen LogP contribution is 2.33. The molecule has 1 aliphatic rings. The number of sulfonamides is 1. The van der Waals surface area contributed by atoms with Crippen LogP contribution in [0.2, 0.25) is 0 Å². The first kappa shape index (κ1) is 18.5. The molecule has 7 heteroatoms. The Labute approximate surface area is 154 Å². The summed E-state index contributed by atoms with van der Waals surface area (Å²) in [4.78, 5) is 0.280. The second-order valence-electron chi connectivity index (χ2n) is 6.34. The van der Waals surface area contributed by atoms with E-state index in [0.717, 1.165) is 5.56 Å².